The van der Waals surface area contributed by atoms with E-state index in [0.717, 1.165) is 5.56 Å². The Morgan fingerprint density at radius 2 is 0.259 bits per heavy atom. The van der Waals surface area contributed by atoms with Crippen LogP contribution in [0.15, 0.2) is 334 Å². The van der Waals surface area contributed by atoms with Crippen LogP contribution in [0.4, 0.5) is 0 Å². The molecular formula is C85H58. The Morgan fingerprint density at radius 1 is 0.129 bits per heavy atom. The monoisotopic (exact) mass is 1080 g/mol. The van der Waals surface area contributed by atoms with Gasteiger partial charge in [0.05, 0.1) is 0 Å². The molecule has 0 aliphatic heterocycles. The number of hydrogen-bond donors (Lipinski definition) is 0. The fourth-order valence-electron chi connectivity index (χ4n) is 12.7. The van der Waals surface area contributed by atoms with E-state index in [1.807, 2.05) is 0 Å². The second-order valence-corrected chi connectivity index (χ2v) is 22.4. The van der Waals surface area contributed by atoms with E-state index in [-0.39, 0.29) is 0 Å². The van der Waals surface area contributed by atoms with Crippen molar-refractivity contribution in [3.05, 3.63) is 339 Å². The normalized spacial score (nSPS) is 11.4. The third-order valence-corrected chi connectivity index (χ3v) is 17.2. The van der Waals surface area contributed by atoms with E-state index < -0.39 is 0 Å². The Kier molecular flexibility index (Phi) is 13.3. The van der Waals surface area contributed by atoms with Gasteiger partial charge in [0.15, 0.2) is 0 Å². The molecule has 0 bridgehead atoms. The number of aryl methyl sites for hydroxylation is 1. The first-order chi connectivity index (χ1) is 42.0. The van der Waals surface area contributed by atoms with Crippen LogP contribution in [-0.2, 0) is 0 Å². The molecule has 0 aliphatic carbocycles. The molecule has 0 saturated heterocycles. The van der Waals surface area contributed by atoms with Gasteiger partial charge in [0.25, 0.3) is 0 Å². The minimum absolute atomic E-state index is 1.16. The van der Waals surface area contributed by atoms with Crippen molar-refractivity contribution in [1.29, 1.82) is 0 Å². The average Bonchev–Trinajstić information content (AvgIpc) is 2.49. The Labute approximate surface area is 497 Å². The molecule has 0 heteroatoms. The van der Waals surface area contributed by atoms with Crippen LogP contribution in [0.25, 0.3) is 155 Å². The summed E-state index contributed by atoms with van der Waals surface area (Å²) in [6, 6.07) is 124. The minimum atomic E-state index is 1.16. The third kappa shape index (κ3) is 9.90. The van der Waals surface area contributed by atoms with Crippen molar-refractivity contribution >= 4 is 32.3 Å². The van der Waals surface area contributed by atoms with Gasteiger partial charge in [-0.05, 0) is 198 Å². The lowest BCUT2D eigenvalue weighted by Gasteiger charge is -2.21. The first kappa shape index (κ1) is 51.0. The first-order valence-electron chi connectivity index (χ1n) is 29.4. The molecule has 0 saturated carbocycles. The Morgan fingerprint density at radius 3 is 0.424 bits per heavy atom. The molecule has 0 radical (unpaired) electrons. The molecule has 15 aromatic rings. The second kappa shape index (κ2) is 22.1. The number of rotatable bonds is 11. The summed E-state index contributed by atoms with van der Waals surface area (Å²) >= 11 is 0. The molecular weight excluding hydrogens is 1020 g/mol. The summed E-state index contributed by atoms with van der Waals surface area (Å²) in [5.74, 6) is 0. The van der Waals surface area contributed by atoms with Gasteiger partial charge in [0.1, 0.15) is 0 Å². The summed E-state index contributed by atoms with van der Waals surface area (Å²) in [6.45, 7) is 2.17. The van der Waals surface area contributed by atoms with Crippen LogP contribution in [0.3, 0.4) is 0 Å². The van der Waals surface area contributed by atoms with Gasteiger partial charge in [-0.2, -0.15) is 0 Å². The van der Waals surface area contributed by atoms with Crippen LogP contribution in [0.1, 0.15) is 5.56 Å². The van der Waals surface area contributed by atoms with Crippen molar-refractivity contribution in [2.45, 2.75) is 6.92 Å². The molecule has 0 nitrogen and oxygen atoms in total. The van der Waals surface area contributed by atoms with E-state index in [9.17, 15) is 0 Å². The molecule has 15 rings (SSSR count). The molecule has 0 heterocycles. The smallest absolute Gasteiger partial charge is 0.00921 e. The van der Waals surface area contributed by atoms with Crippen molar-refractivity contribution in [1.82, 2.24) is 0 Å². The molecule has 0 aliphatic rings. The second-order valence-electron chi connectivity index (χ2n) is 22.4. The first-order valence-corrected chi connectivity index (χ1v) is 29.4. The van der Waals surface area contributed by atoms with Crippen LogP contribution in [0.2, 0.25) is 0 Å². The van der Waals surface area contributed by atoms with Gasteiger partial charge in [-0.1, -0.05) is 303 Å². The van der Waals surface area contributed by atoms with Gasteiger partial charge in [-0.15, -0.1) is 0 Å². The summed E-state index contributed by atoms with van der Waals surface area (Å²) in [5, 5.41) is 7.24. The Balaban J connectivity index is 1.04. The third-order valence-electron chi connectivity index (χ3n) is 17.2. The molecule has 0 fully saturated rings. The maximum Gasteiger partial charge on any atom is -0.00921 e. The van der Waals surface area contributed by atoms with E-state index in [2.05, 4.69) is 341 Å². The number of benzene rings is 15. The molecule has 15 aromatic carbocycles. The van der Waals surface area contributed by atoms with Gasteiger partial charge in [0.2, 0.25) is 0 Å². The summed E-state index contributed by atoms with van der Waals surface area (Å²) in [6.07, 6.45) is 0. The molecule has 0 atom stereocenters. The summed E-state index contributed by atoms with van der Waals surface area (Å²) in [4.78, 5) is 0. The van der Waals surface area contributed by atoms with Crippen molar-refractivity contribution in [3.8, 4) is 122 Å². The van der Waals surface area contributed by atoms with Crippen molar-refractivity contribution in [2.24, 2.45) is 0 Å². The largest absolute Gasteiger partial charge is 0.0622 e. The number of fused-ring (bicyclic) bond motifs is 6. The number of hydrogen-bond acceptors (Lipinski definition) is 0. The van der Waals surface area contributed by atoms with Crippen LogP contribution in [-0.4, -0.2) is 0 Å². The van der Waals surface area contributed by atoms with Crippen molar-refractivity contribution < 1.29 is 0 Å². The van der Waals surface area contributed by atoms with E-state index in [1.54, 1.807) is 0 Å². The highest BCUT2D eigenvalue weighted by Crippen LogP contribution is 2.49. The van der Waals surface area contributed by atoms with Crippen molar-refractivity contribution in [2.75, 3.05) is 0 Å². The molecule has 0 amide bonds. The van der Waals surface area contributed by atoms with E-state index in [1.165, 1.54) is 155 Å². The highest BCUT2D eigenvalue weighted by atomic mass is 14.3. The molecule has 0 aromatic heterocycles. The van der Waals surface area contributed by atoms with Crippen molar-refractivity contribution in [3.63, 3.8) is 0 Å². The van der Waals surface area contributed by atoms with E-state index >= 15 is 0 Å². The lowest BCUT2D eigenvalue weighted by Crippen LogP contribution is -1.94. The zero-order chi connectivity index (χ0) is 56.6. The van der Waals surface area contributed by atoms with Gasteiger partial charge < -0.3 is 0 Å². The van der Waals surface area contributed by atoms with Gasteiger partial charge >= 0.3 is 0 Å². The van der Waals surface area contributed by atoms with E-state index in [4.69, 9.17) is 0 Å². The zero-order valence-electron chi connectivity index (χ0n) is 47.3. The van der Waals surface area contributed by atoms with Gasteiger partial charge in [-0.3, -0.25) is 0 Å². The maximum atomic E-state index is 2.51. The minimum Gasteiger partial charge on any atom is -0.0622 e. The quantitative estimate of drug-likeness (QED) is 0.113. The fourth-order valence-corrected chi connectivity index (χ4v) is 12.7. The van der Waals surface area contributed by atoms with Crippen LogP contribution < -0.4 is 0 Å². The standard InChI is InChI=1S/C85H58/c1-57-27-29-68(30-28-57)74-51-80-81(52-75(74)69-41-31-63(32-42-69)58-17-7-2-8-18-58)83-54-77(71-45-35-65(36-46-71)60-21-11-4-12-22-60)79(73-49-39-67(40-50-73)62-25-15-6-16-26-62)56-85(83)84-55-78(72-47-37-66(38-48-72)61-23-13-5-14-24-61)76(53-82(80)84)70-43-33-64(34-44-70)59-19-9-3-10-20-59/h2-56H,1H3. The summed E-state index contributed by atoms with van der Waals surface area (Å²) < 4.78 is 0. The predicted molar refractivity (Wildman–Crippen MR) is 363 cm³/mol. The van der Waals surface area contributed by atoms with E-state index in [0.29, 0.717) is 0 Å². The highest BCUT2D eigenvalue weighted by Gasteiger charge is 2.22. The molecule has 0 spiro atoms. The molecule has 85 heavy (non-hydrogen) atoms. The SMILES string of the molecule is Cc1ccc(-c2cc3c(cc2-c2ccc(-c4ccccc4)cc2)c2cc(-c4ccc(-c5ccccc5)cc4)c(-c4ccc(-c5ccccc5)cc4)cc2c2cc(-c4ccc(-c5ccccc5)cc4)c(-c4ccc(-c5ccccc5)cc4)cc32)cc1. The molecule has 0 unspecified atom stereocenters. The maximum absolute atomic E-state index is 2.51. The highest BCUT2D eigenvalue weighted by molar-refractivity contribution is 6.29. The summed E-state index contributed by atoms with van der Waals surface area (Å²) in [7, 11) is 0. The molecule has 0 N–H and O–H groups in total. The Bertz CT molecular complexity index is 4740. The summed E-state index contributed by atoms with van der Waals surface area (Å²) in [5.41, 5.74) is 27.3. The lowest BCUT2D eigenvalue weighted by molar-refractivity contribution is 1.47. The van der Waals surface area contributed by atoms with Crippen LogP contribution in [0.5, 0.6) is 0 Å². The predicted octanol–water partition coefficient (Wildman–Crippen LogP) is 23.8. The van der Waals surface area contributed by atoms with Gasteiger partial charge in [0, 0.05) is 0 Å². The fraction of sp³-hybridized carbons (Fsp3) is 0.0118. The lowest BCUT2D eigenvalue weighted by atomic mass is 9.82. The van der Waals surface area contributed by atoms with Gasteiger partial charge in [-0.25, -0.2) is 0 Å². The van der Waals surface area contributed by atoms with Crippen LogP contribution in [0, 0.1) is 6.92 Å². The average molecular weight is 1080 g/mol. The molecule has 398 valence electrons. The zero-order valence-corrected chi connectivity index (χ0v) is 47.3. The Hall–Kier alpha value is -10.9. The van der Waals surface area contributed by atoms with Crippen LogP contribution >= 0.6 is 0 Å². The topological polar surface area (TPSA) is 0 Å².